The number of benzene rings is 2. The highest BCUT2D eigenvalue weighted by Crippen LogP contribution is 2.13. The molecule has 0 aliphatic carbocycles. The Hall–Kier alpha value is -3.56. The number of aliphatic hydroxyl groups excluding tert-OH is 1. The average Bonchev–Trinajstić information content (AvgIpc) is 3.30. The summed E-state index contributed by atoms with van der Waals surface area (Å²) in [4.78, 5) is 33.4. The Kier molecular flexibility index (Phi) is 11.1. The number of carbonyl (C=O) groups excluding carboxylic acids is 2. The van der Waals surface area contributed by atoms with Crippen LogP contribution in [0.15, 0.2) is 60.9 Å². The molecule has 1 heterocycles. The molecule has 0 aliphatic heterocycles. The predicted molar refractivity (Wildman–Crippen MR) is 133 cm³/mol. The van der Waals surface area contributed by atoms with E-state index < -0.39 is 18.1 Å². The van der Waals surface area contributed by atoms with Crippen LogP contribution < -0.4 is 10.4 Å². The first-order valence-electron chi connectivity index (χ1n) is 11.9. The van der Waals surface area contributed by atoms with Gasteiger partial charge in [-0.25, -0.2) is 14.5 Å². The number of hydrogen-bond donors (Lipinski definition) is 3. The molecule has 3 aromatic rings. The summed E-state index contributed by atoms with van der Waals surface area (Å²) in [5.41, 5.74) is 2.47. The van der Waals surface area contributed by atoms with Crippen LogP contribution in [0, 0.1) is 6.92 Å². The van der Waals surface area contributed by atoms with Gasteiger partial charge in [0.25, 0.3) is 0 Å². The van der Waals surface area contributed by atoms with E-state index in [4.69, 9.17) is 4.84 Å². The highest BCUT2D eigenvalue weighted by Gasteiger charge is 2.20. The topological polar surface area (TPSA) is 111 Å². The van der Waals surface area contributed by atoms with Crippen LogP contribution in [0.5, 0.6) is 0 Å². The van der Waals surface area contributed by atoms with Gasteiger partial charge in [0, 0.05) is 19.0 Å². The van der Waals surface area contributed by atoms with Crippen molar-refractivity contribution >= 4 is 17.6 Å². The molecule has 9 heteroatoms. The van der Waals surface area contributed by atoms with Gasteiger partial charge < -0.3 is 10.4 Å². The van der Waals surface area contributed by atoms with E-state index >= 15 is 0 Å². The number of nitrogens with zero attached hydrogens (tertiary/aromatic N) is 3. The molecule has 3 rings (SSSR count). The van der Waals surface area contributed by atoms with Crippen LogP contribution in [-0.2, 0) is 20.8 Å². The number of aryl methyl sites for hydroxylation is 1. The van der Waals surface area contributed by atoms with Crippen molar-refractivity contribution in [3.8, 4) is 0 Å². The molecule has 0 aliphatic rings. The van der Waals surface area contributed by atoms with Crippen LogP contribution in [0.25, 0.3) is 0 Å². The van der Waals surface area contributed by atoms with Crippen LogP contribution in [0.2, 0.25) is 0 Å². The maximum atomic E-state index is 12.5. The molecular weight excluding hydrogens is 446 g/mol. The highest BCUT2D eigenvalue weighted by molar-refractivity contribution is 5.93. The number of anilines is 1. The second-order valence-electron chi connectivity index (χ2n) is 7.90. The fourth-order valence-corrected chi connectivity index (χ4v) is 3.36. The van der Waals surface area contributed by atoms with Gasteiger partial charge in [0.05, 0.1) is 0 Å². The van der Waals surface area contributed by atoms with E-state index in [1.54, 1.807) is 13.8 Å². The molecule has 3 unspecified atom stereocenters. The Morgan fingerprint density at radius 3 is 2.34 bits per heavy atom. The number of amides is 1. The monoisotopic (exact) mass is 482 g/mol. The molecule has 1 amide bonds. The van der Waals surface area contributed by atoms with E-state index in [0.717, 1.165) is 11.1 Å². The standard InChI is InChI=1S/C24H29N5O4.C2H6/c1-17(29-16-25-18(2)27-29)24(32)26-22-11-9-20(10-12-22)13-14-28(33-19(3)30)15-23(31)21-7-5-4-6-8-21;1-2/h4-12,16-17,23,31H,13-15H2,1-3H3,(H,26,32);1-2H3/p+1. The minimum atomic E-state index is -0.742. The molecular formula is C26H36N5O4+. The van der Waals surface area contributed by atoms with E-state index in [1.165, 1.54) is 17.9 Å². The quantitative estimate of drug-likeness (QED) is 0.383. The smallest absolute Gasteiger partial charge is 0.363 e. The number of quaternary nitrogens is 1. The first-order chi connectivity index (χ1) is 16.8. The number of nitrogens with one attached hydrogen (secondary N) is 2. The summed E-state index contributed by atoms with van der Waals surface area (Å²) in [5.74, 6) is 0.0215. The first kappa shape index (κ1) is 27.7. The minimum Gasteiger partial charge on any atom is -0.382 e. The molecule has 188 valence electrons. The normalized spacial score (nSPS) is 13.1. The lowest BCUT2D eigenvalue weighted by Crippen LogP contribution is -3.12. The molecule has 0 spiro atoms. The minimum absolute atomic E-state index is 0.187. The van der Waals surface area contributed by atoms with Crippen LogP contribution >= 0.6 is 0 Å². The Morgan fingerprint density at radius 1 is 1.11 bits per heavy atom. The van der Waals surface area contributed by atoms with Gasteiger partial charge >= 0.3 is 5.97 Å². The van der Waals surface area contributed by atoms with Crippen molar-refractivity contribution in [1.29, 1.82) is 0 Å². The zero-order chi connectivity index (χ0) is 25.8. The highest BCUT2D eigenvalue weighted by atomic mass is 16.7. The second kappa shape index (κ2) is 14.0. The number of carbonyl (C=O) groups is 2. The molecule has 3 atom stereocenters. The van der Waals surface area contributed by atoms with Crippen molar-refractivity contribution < 1.29 is 24.6 Å². The number of hydrogen-bond acceptors (Lipinski definition) is 6. The largest absolute Gasteiger partial charge is 0.382 e. The van der Waals surface area contributed by atoms with E-state index in [1.807, 2.05) is 68.4 Å². The van der Waals surface area contributed by atoms with Crippen molar-refractivity contribution in [3.63, 3.8) is 0 Å². The number of aromatic nitrogens is 3. The van der Waals surface area contributed by atoms with E-state index in [-0.39, 0.29) is 12.5 Å². The summed E-state index contributed by atoms with van der Waals surface area (Å²) >= 11 is 0. The van der Waals surface area contributed by atoms with Gasteiger partial charge in [0.1, 0.15) is 37.4 Å². The van der Waals surface area contributed by atoms with Gasteiger partial charge in [-0.1, -0.05) is 56.3 Å². The summed E-state index contributed by atoms with van der Waals surface area (Å²) in [6, 6.07) is 16.3. The summed E-state index contributed by atoms with van der Waals surface area (Å²) < 4.78 is 1.52. The third-order valence-electron chi connectivity index (χ3n) is 5.21. The Labute approximate surface area is 206 Å². The fourth-order valence-electron chi connectivity index (χ4n) is 3.36. The summed E-state index contributed by atoms with van der Waals surface area (Å²) in [5, 5.41) is 18.1. The van der Waals surface area contributed by atoms with Gasteiger partial charge in [-0.05, 0) is 37.1 Å². The molecule has 35 heavy (non-hydrogen) atoms. The average molecular weight is 483 g/mol. The maximum absolute atomic E-state index is 12.5. The molecule has 0 saturated heterocycles. The second-order valence-corrected chi connectivity index (χ2v) is 7.90. The maximum Gasteiger partial charge on any atom is 0.363 e. The molecule has 0 fully saturated rings. The number of aliphatic hydroxyl groups is 1. The molecule has 9 nitrogen and oxygen atoms in total. The Balaban J connectivity index is 0.00000210. The lowest BCUT2D eigenvalue weighted by molar-refractivity contribution is -1.08. The number of rotatable bonds is 10. The van der Waals surface area contributed by atoms with Crippen LogP contribution in [0.3, 0.4) is 0 Å². The lowest BCUT2D eigenvalue weighted by Gasteiger charge is -2.19. The van der Waals surface area contributed by atoms with Gasteiger partial charge in [0.15, 0.2) is 0 Å². The lowest BCUT2D eigenvalue weighted by atomic mass is 10.1. The van der Waals surface area contributed by atoms with Gasteiger partial charge in [0.2, 0.25) is 5.91 Å². The fraction of sp³-hybridized carbons (Fsp3) is 0.385. The van der Waals surface area contributed by atoms with E-state index in [2.05, 4.69) is 15.4 Å². The molecule has 0 radical (unpaired) electrons. The van der Waals surface area contributed by atoms with Crippen molar-refractivity contribution in [2.75, 3.05) is 18.4 Å². The van der Waals surface area contributed by atoms with Gasteiger partial charge in [-0.2, -0.15) is 5.10 Å². The van der Waals surface area contributed by atoms with Gasteiger partial charge in [-0.3, -0.25) is 9.63 Å². The molecule has 3 N–H and O–H groups in total. The molecule has 2 aromatic carbocycles. The third kappa shape index (κ3) is 8.95. The van der Waals surface area contributed by atoms with Crippen LogP contribution in [0.4, 0.5) is 5.69 Å². The SMILES string of the molecule is CC.CC(=O)O[NH+](CCc1ccc(NC(=O)C(C)n2cnc(C)n2)cc1)CC(O)c1ccccc1. The Bertz CT molecular complexity index is 1050. The third-order valence-corrected chi connectivity index (χ3v) is 5.21. The molecule has 0 bridgehead atoms. The summed E-state index contributed by atoms with van der Waals surface area (Å²) in [6.45, 7) is 9.63. The van der Waals surface area contributed by atoms with Crippen molar-refractivity contribution in [2.45, 2.75) is 53.2 Å². The molecule has 0 saturated carbocycles. The van der Waals surface area contributed by atoms with Crippen molar-refractivity contribution in [3.05, 3.63) is 77.9 Å². The van der Waals surface area contributed by atoms with Gasteiger partial charge in [-0.15, -0.1) is 5.06 Å². The summed E-state index contributed by atoms with van der Waals surface area (Å²) in [7, 11) is 0. The number of hydroxylamine groups is 2. The summed E-state index contributed by atoms with van der Waals surface area (Å²) in [6.07, 6.45) is 1.43. The van der Waals surface area contributed by atoms with Crippen LogP contribution in [0.1, 0.15) is 56.8 Å². The van der Waals surface area contributed by atoms with Crippen LogP contribution in [-0.4, -0.2) is 44.8 Å². The molecule has 1 aromatic heterocycles. The zero-order valence-corrected chi connectivity index (χ0v) is 21.1. The van der Waals surface area contributed by atoms with Crippen molar-refractivity contribution in [2.24, 2.45) is 0 Å². The first-order valence-corrected chi connectivity index (χ1v) is 11.9. The Morgan fingerprint density at radius 2 is 1.77 bits per heavy atom. The van der Waals surface area contributed by atoms with E-state index in [0.29, 0.717) is 29.5 Å². The predicted octanol–water partition coefficient (Wildman–Crippen LogP) is 2.45. The van der Waals surface area contributed by atoms with E-state index in [9.17, 15) is 14.7 Å². The zero-order valence-electron chi connectivity index (χ0n) is 21.1. The van der Waals surface area contributed by atoms with Crippen molar-refractivity contribution in [1.82, 2.24) is 14.8 Å².